The molecule has 1 N–H and O–H groups in total. The van der Waals surface area contributed by atoms with Gasteiger partial charge < -0.3 is 9.84 Å². The van der Waals surface area contributed by atoms with Gasteiger partial charge in [-0.1, -0.05) is 35.9 Å². The van der Waals surface area contributed by atoms with Crippen LogP contribution in [-0.2, 0) is 9.53 Å². The topological polar surface area (TPSA) is 46.5 Å². The van der Waals surface area contributed by atoms with Gasteiger partial charge in [-0.2, -0.15) is 0 Å². The molecular formula is C18H22O3. The number of allylic oxidation sites excluding steroid dienone is 1. The van der Waals surface area contributed by atoms with Crippen molar-refractivity contribution in [2.75, 3.05) is 6.61 Å². The van der Waals surface area contributed by atoms with E-state index in [-0.39, 0.29) is 5.97 Å². The molecule has 3 nitrogen and oxygen atoms in total. The van der Waals surface area contributed by atoms with Gasteiger partial charge in [0.15, 0.2) is 0 Å². The predicted octanol–water partition coefficient (Wildman–Crippen LogP) is 3.49. The lowest BCUT2D eigenvalue weighted by molar-refractivity contribution is -0.138. The molecular weight excluding hydrogens is 264 g/mol. The number of carbonyl (C=O) groups is 1. The molecule has 0 radical (unpaired) electrons. The summed E-state index contributed by atoms with van der Waals surface area (Å²) in [5.74, 6) is -0.279. The zero-order valence-electron chi connectivity index (χ0n) is 12.8. The fourth-order valence-electron chi connectivity index (χ4n) is 2.63. The van der Waals surface area contributed by atoms with Crippen LogP contribution in [0.4, 0.5) is 0 Å². The molecule has 112 valence electrons. The first-order valence-electron chi connectivity index (χ1n) is 7.28. The number of carbonyl (C=O) groups excluding carboxylic acids is 1. The van der Waals surface area contributed by atoms with Crippen molar-refractivity contribution in [1.29, 1.82) is 0 Å². The standard InChI is InChI=1S/C18H22O3/c1-4-21-17(19)14(3)16-11-18(20,12-16)10-13(2)15-8-6-5-7-9-15/h5-10,20H,4,11-12H2,1-3H3/b13-10+,16-14?. The lowest BCUT2D eigenvalue weighted by Crippen LogP contribution is -2.38. The van der Waals surface area contributed by atoms with Crippen LogP contribution in [-0.4, -0.2) is 23.3 Å². The van der Waals surface area contributed by atoms with Crippen molar-refractivity contribution in [3.8, 4) is 0 Å². The molecule has 1 aliphatic carbocycles. The summed E-state index contributed by atoms with van der Waals surface area (Å²) in [6, 6.07) is 9.97. The van der Waals surface area contributed by atoms with Gasteiger partial charge in [0.05, 0.1) is 12.2 Å². The van der Waals surface area contributed by atoms with Crippen LogP contribution in [0.25, 0.3) is 5.57 Å². The van der Waals surface area contributed by atoms with Gasteiger partial charge in [0.25, 0.3) is 0 Å². The average Bonchev–Trinajstić information content (AvgIpc) is 2.45. The minimum atomic E-state index is -0.844. The Kier molecular flexibility index (Phi) is 4.63. The number of hydrogen-bond acceptors (Lipinski definition) is 3. The summed E-state index contributed by atoms with van der Waals surface area (Å²) in [6.45, 7) is 5.92. The number of aliphatic hydroxyl groups is 1. The molecule has 1 aromatic rings. The van der Waals surface area contributed by atoms with E-state index < -0.39 is 5.60 Å². The molecule has 1 fully saturated rings. The van der Waals surface area contributed by atoms with E-state index in [2.05, 4.69) is 0 Å². The van der Waals surface area contributed by atoms with E-state index in [0.717, 1.165) is 16.7 Å². The lowest BCUT2D eigenvalue weighted by atomic mass is 9.72. The highest BCUT2D eigenvalue weighted by molar-refractivity contribution is 5.89. The summed E-state index contributed by atoms with van der Waals surface area (Å²) in [6.07, 6.45) is 2.90. The van der Waals surface area contributed by atoms with Gasteiger partial charge in [-0.05, 0) is 38.0 Å². The normalized spacial score (nSPS) is 21.7. The Morgan fingerprint density at radius 1 is 1.29 bits per heavy atom. The molecule has 1 saturated carbocycles. The summed E-state index contributed by atoms with van der Waals surface area (Å²) in [5.41, 5.74) is 2.92. The van der Waals surface area contributed by atoms with Crippen LogP contribution in [0.2, 0.25) is 0 Å². The molecule has 0 saturated heterocycles. The van der Waals surface area contributed by atoms with E-state index in [9.17, 15) is 9.90 Å². The molecule has 2 rings (SSSR count). The molecule has 21 heavy (non-hydrogen) atoms. The van der Waals surface area contributed by atoms with Crippen molar-refractivity contribution in [3.63, 3.8) is 0 Å². The second kappa shape index (κ2) is 6.27. The van der Waals surface area contributed by atoms with Crippen molar-refractivity contribution in [2.45, 2.75) is 39.2 Å². The first kappa shape index (κ1) is 15.5. The zero-order valence-corrected chi connectivity index (χ0v) is 12.8. The van der Waals surface area contributed by atoms with Crippen molar-refractivity contribution in [1.82, 2.24) is 0 Å². The fourth-order valence-corrected chi connectivity index (χ4v) is 2.63. The molecule has 0 heterocycles. The average molecular weight is 286 g/mol. The van der Waals surface area contributed by atoms with Gasteiger partial charge in [0, 0.05) is 18.4 Å². The third-order valence-corrected chi connectivity index (χ3v) is 3.87. The van der Waals surface area contributed by atoms with E-state index in [4.69, 9.17) is 4.74 Å². The largest absolute Gasteiger partial charge is 0.463 e. The van der Waals surface area contributed by atoms with Crippen molar-refractivity contribution in [2.24, 2.45) is 0 Å². The van der Waals surface area contributed by atoms with Gasteiger partial charge in [-0.15, -0.1) is 0 Å². The first-order chi connectivity index (χ1) is 9.95. The van der Waals surface area contributed by atoms with Crippen molar-refractivity contribution < 1.29 is 14.6 Å². The third kappa shape index (κ3) is 3.61. The minimum absolute atomic E-state index is 0.279. The van der Waals surface area contributed by atoms with Crippen LogP contribution in [0.5, 0.6) is 0 Å². The number of esters is 1. The van der Waals surface area contributed by atoms with Crippen LogP contribution in [0.3, 0.4) is 0 Å². The van der Waals surface area contributed by atoms with Crippen LogP contribution < -0.4 is 0 Å². The van der Waals surface area contributed by atoms with Gasteiger partial charge >= 0.3 is 5.97 Å². The highest BCUT2D eigenvalue weighted by atomic mass is 16.5. The predicted molar refractivity (Wildman–Crippen MR) is 83.6 cm³/mol. The zero-order chi connectivity index (χ0) is 15.5. The Morgan fingerprint density at radius 3 is 2.48 bits per heavy atom. The molecule has 0 spiro atoms. The summed E-state index contributed by atoms with van der Waals surface area (Å²) in [5, 5.41) is 10.5. The van der Waals surface area contributed by atoms with Crippen LogP contribution in [0.15, 0.2) is 47.6 Å². The minimum Gasteiger partial charge on any atom is -0.463 e. The second-order valence-corrected chi connectivity index (χ2v) is 5.60. The Balaban J connectivity index is 2.08. The second-order valence-electron chi connectivity index (χ2n) is 5.60. The summed E-state index contributed by atoms with van der Waals surface area (Å²) in [4.78, 5) is 11.7. The quantitative estimate of drug-likeness (QED) is 0.680. The maximum absolute atomic E-state index is 11.7. The highest BCUT2D eigenvalue weighted by Crippen LogP contribution is 2.41. The molecule has 0 aliphatic heterocycles. The molecule has 0 atom stereocenters. The Morgan fingerprint density at radius 2 is 1.90 bits per heavy atom. The molecule has 1 aliphatic rings. The van der Waals surface area contributed by atoms with E-state index in [0.29, 0.717) is 25.0 Å². The van der Waals surface area contributed by atoms with Crippen molar-refractivity contribution in [3.05, 3.63) is 53.1 Å². The number of hydrogen-bond donors (Lipinski definition) is 1. The fraction of sp³-hybridized carbons (Fsp3) is 0.389. The Labute approximate surface area is 125 Å². The molecule has 0 aromatic heterocycles. The number of ether oxygens (including phenoxy) is 1. The smallest absolute Gasteiger partial charge is 0.333 e. The van der Waals surface area contributed by atoms with E-state index in [1.54, 1.807) is 13.8 Å². The molecule has 3 heteroatoms. The molecule has 0 unspecified atom stereocenters. The molecule has 0 bridgehead atoms. The Bertz CT molecular complexity index is 574. The van der Waals surface area contributed by atoms with Crippen LogP contribution in [0.1, 0.15) is 39.2 Å². The van der Waals surface area contributed by atoms with Crippen molar-refractivity contribution >= 4 is 11.5 Å². The molecule has 0 amide bonds. The van der Waals surface area contributed by atoms with Gasteiger partial charge in [0.2, 0.25) is 0 Å². The van der Waals surface area contributed by atoms with Crippen LogP contribution in [0, 0.1) is 0 Å². The maximum Gasteiger partial charge on any atom is 0.333 e. The summed E-state index contributed by atoms with van der Waals surface area (Å²) in [7, 11) is 0. The van der Waals surface area contributed by atoms with E-state index in [1.807, 2.05) is 43.3 Å². The number of rotatable bonds is 4. The van der Waals surface area contributed by atoms with Gasteiger partial charge in [-0.3, -0.25) is 0 Å². The Hall–Kier alpha value is -1.87. The van der Waals surface area contributed by atoms with E-state index in [1.165, 1.54) is 0 Å². The van der Waals surface area contributed by atoms with Gasteiger partial charge in [-0.25, -0.2) is 4.79 Å². The SMILES string of the molecule is CCOC(=O)C(C)=C1CC(O)(/C=C(\C)c2ccccc2)C1. The molecule has 1 aromatic carbocycles. The third-order valence-electron chi connectivity index (χ3n) is 3.87. The highest BCUT2D eigenvalue weighted by Gasteiger charge is 2.38. The maximum atomic E-state index is 11.7. The van der Waals surface area contributed by atoms with Gasteiger partial charge in [0.1, 0.15) is 0 Å². The number of benzene rings is 1. The van der Waals surface area contributed by atoms with E-state index >= 15 is 0 Å². The lowest BCUT2D eigenvalue weighted by Gasteiger charge is -2.38. The monoisotopic (exact) mass is 286 g/mol. The van der Waals surface area contributed by atoms with Crippen LogP contribution >= 0.6 is 0 Å². The summed E-state index contributed by atoms with van der Waals surface area (Å²) >= 11 is 0. The summed E-state index contributed by atoms with van der Waals surface area (Å²) < 4.78 is 4.99. The first-order valence-corrected chi connectivity index (χ1v) is 7.28.